The average molecular weight is 286 g/mol. The monoisotopic (exact) mass is 286 g/mol. The van der Waals surface area contributed by atoms with Gasteiger partial charge >= 0.3 is 0 Å². The molecule has 0 amide bonds. The zero-order chi connectivity index (χ0) is 14.9. The Hall–Kier alpha value is -1.88. The Morgan fingerprint density at radius 3 is 2.95 bits per heavy atom. The summed E-state index contributed by atoms with van der Waals surface area (Å²) in [6, 6.07) is 8.49. The molecule has 0 spiro atoms. The van der Waals surface area contributed by atoms with Crippen LogP contribution in [0.4, 0.5) is 0 Å². The third-order valence-corrected chi connectivity index (χ3v) is 4.17. The van der Waals surface area contributed by atoms with E-state index >= 15 is 0 Å². The van der Waals surface area contributed by atoms with E-state index in [9.17, 15) is 0 Å². The van der Waals surface area contributed by atoms with Crippen molar-refractivity contribution in [1.82, 2.24) is 14.8 Å². The number of nitrogens with two attached hydrogens (primary N) is 1. The third-order valence-electron chi connectivity index (χ3n) is 4.17. The van der Waals surface area contributed by atoms with E-state index in [2.05, 4.69) is 30.0 Å². The summed E-state index contributed by atoms with van der Waals surface area (Å²) in [4.78, 5) is 4.42. The first-order valence-corrected chi connectivity index (χ1v) is 7.43. The summed E-state index contributed by atoms with van der Waals surface area (Å²) in [5.74, 6) is 1.96. The second kappa shape index (κ2) is 5.48. The standard InChI is InChI=1S/C16H22N4O/c1-12(2)20-15(18-11-19-20)8-16(9-17)7-13-5-3-4-6-14(13)21-10-16/h3-6,11-12H,7-10,17H2,1-2H3. The van der Waals surface area contributed by atoms with Gasteiger partial charge in [-0.05, 0) is 31.9 Å². The molecule has 1 atom stereocenters. The maximum absolute atomic E-state index is 6.10. The maximum atomic E-state index is 6.10. The Morgan fingerprint density at radius 2 is 2.19 bits per heavy atom. The molecule has 1 aliphatic rings. The van der Waals surface area contributed by atoms with Crippen LogP contribution in [0.2, 0.25) is 0 Å². The summed E-state index contributed by atoms with van der Waals surface area (Å²) in [5, 5.41) is 4.31. The molecule has 2 heterocycles. The van der Waals surface area contributed by atoms with Crippen LogP contribution >= 0.6 is 0 Å². The molecule has 0 radical (unpaired) electrons. The third kappa shape index (κ3) is 2.65. The number of aromatic nitrogens is 3. The molecule has 5 heteroatoms. The minimum Gasteiger partial charge on any atom is -0.493 e. The van der Waals surface area contributed by atoms with Crippen LogP contribution in [0.1, 0.15) is 31.3 Å². The van der Waals surface area contributed by atoms with Gasteiger partial charge in [0.2, 0.25) is 0 Å². The van der Waals surface area contributed by atoms with Crippen LogP contribution in [-0.4, -0.2) is 27.9 Å². The van der Waals surface area contributed by atoms with E-state index in [1.165, 1.54) is 5.56 Å². The molecular weight excluding hydrogens is 264 g/mol. The minimum absolute atomic E-state index is 0.103. The molecule has 112 valence electrons. The van der Waals surface area contributed by atoms with E-state index in [0.717, 1.165) is 24.4 Å². The van der Waals surface area contributed by atoms with Gasteiger partial charge in [0.15, 0.2) is 0 Å². The molecule has 0 saturated carbocycles. The van der Waals surface area contributed by atoms with E-state index in [4.69, 9.17) is 10.5 Å². The average Bonchev–Trinajstić information content (AvgIpc) is 2.95. The maximum Gasteiger partial charge on any atom is 0.138 e. The first-order valence-electron chi connectivity index (χ1n) is 7.43. The van der Waals surface area contributed by atoms with Crippen molar-refractivity contribution in [3.63, 3.8) is 0 Å². The summed E-state index contributed by atoms with van der Waals surface area (Å²) in [5.41, 5.74) is 7.22. The fourth-order valence-corrected chi connectivity index (χ4v) is 2.96. The lowest BCUT2D eigenvalue weighted by molar-refractivity contribution is 0.122. The Labute approximate surface area is 125 Å². The lowest BCUT2D eigenvalue weighted by Crippen LogP contribution is -2.43. The number of para-hydroxylation sites is 1. The molecule has 0 fully saturated rings. The van der Waals surface area contributed by atoms with Crippen molar-refractivity contribution in [2.75, 3.05) is 13.2 Å². The Kier molecular flexibility index (Phi) is 3.68. The van der Waals surface area contributed by atoms with Gasteiger partial charge in [-0.3, -0.25) is 0 Å². The van der Waals surface area contributed by atoms with Gasteiger partial charge in [0.25, 0.3) is 0 Å². The lowest BCUT2D eigenvalue weighted by atomic mass is 9.77. The summed E-state index contributed by atoms with van der Waals surface area (Å²) in [7, 11) is 0. The van der Waals surface area contributed by atoms with Gasteiger partial charge in [0, 0.05) is 24.4 Å². The molecule has 1 aliphatic heterocycles. The van der Waals surface area contributed by atoms with Gasteiger partial charge in [-0.1, -0.05) is 18.2 Å². The molecule has 1 unspecified atom stereocenters. The van der Waals surface area contributed by atoms with E-state index in [-0.39, 0.29) is 5.41 Å². The molecule has 0 saturated heterocycles. The van der Waals surface area contributed by atoms with Crippen LogP contribution in [0.5, 0.6) is 5.75 Å². The molecule has 2 N–H and O–H groups in total. The van der Waals surface area contributed by atoms with Crippen LogP contribution in [0.15, 0.2) is 30.6 Å². The van der Waals surface area contributed by atoms with Crippen LogP contribution in [0, 0.1) is 5.41 Å². The number of fused-ring (bicyclic) bond motifs is 1. The van der Waals surface area contributed by atoms with Crippen molar-refractivity contribution in [2.45, 2.75) is 32.7 Å². The van der Waals surface area contributed by atoms with Crippen molar-refractivity contribution in [1.29, 1.82) is 0 Å². The van der Waals surface area contributed by atoms with E-state index in [1.807, 2.05) is 22.9 Å². The van der Waals surface area contributed by atoms with Gasteiger partial charge in [-0.15, -0.1) is 0 Å². The Bertz CT molecular complexity index is 622. The SMILES string of the molecule is CC(C)n1ncnc1CC1(CN)COc2ccccc2C1. The highest BCUT2D eigenvalue weighted by molar-refractivity contribution is 5.36. The summed E-state index contributed by atoms with van der Waals surface area (Å²) >= 11 is 0. The number of nitrogens with zero attached hydrogens (tertiary/aromatic N) is 3. The molecule has 0 aliphatic carbocycles. The largest absolute Gasteiger partial charge is 0.493 e. The zero-order valence-corrected chi connectivity index (χ0v) is 12.6. The van der Waals surface area contributed by atoms with Crippen LogP contribution in [0.25, 0.3) is 0 Å². The van der Waals surface area contributed by atoms with Crippen LogP contribution < -0.4 is 10.5 Å². The summed E-state index contributed by atoms with van der Waals surface area (Å²) in [6.45, 7) is 5.43. The van der Waals surface area contributed by atoms with Crippen molar-refractivity contribution < 1.29 is 4.74 Å². The summed E-state index contributed by atoms with van der Waals surface area (Å²) in [6.07, 6.45) is 3.33. The number of ether oxygens (including phenoxy) is 1. The highest BCUT2D eigenvalue weighted by Gasteiger charge is 2.36. The fourth-order valence-electron chi connectivity index (χ4n) is 2.96. The van der Waals surface area contributed by atoms with E-state index < -0.39 is 0 Å². The molecule has 2 aromatic rings. The highest BCUT2D eigenvalue weighted by atomic mass is 16.5. The molecule has 5 nitrogen and oxygen atoms in total. The second-order valence-electron chi connectivity index (χ2n) is 6.17. The van der Waals surface area contributed by atoms with Crippen molar-refractivity contribution in [3.8, 4) is 5.75 Å². The predicted octanol–water partition coefficient (Wildman–Crippen LogP) is 1.98. The molecule has 1 aromatic heterocycles. The molecule has 1 aromatic carbocycles. The Morgan fingerprint density at radius 1 is 1.38 bits per heavy atom. The van der Waals surface area contributed by atoms with Crippen molar-refractivity contribution in [3.05, 3.63) is 42.0 Å². The molecule has 21 heavy (non-hydrogen) atoms. The first kappa shape index (κ1) is 14.1. The fraction of sp³-hybridized carbons (Fsp3) is 0.500. The lowest BCUT2D eigenvalue weighted by Gasteiger charge is -2.37. The summed E-state index contributed by atoms with van der Waals surface area (Å²) < 4.78 is 7.91. The molecular formula is C16H22N4O. The van der Waals surface area contributed by atoms with Gasteiger partial charge < -0.3 is 10.5 Å². The predicted molar refractivity (Wildman–Crippen MR) is 81.2 cm³/mol. The first-order chi connectivity index (χ1) is 10.1. The van der Waals surface area contributed by atoms with E-state index in [0.29, 0.717) is 19.2 Å². The van der Waals surface area contributed by atoms with Crippen molar-refractivity contribution in [2.24, 2.45) is 11.1 Å². The molecule has 3 rings (SSSR count). The zero-order valence-electron chi connectivity index (χ0n) is 12.6. The number of hydrogen-bond donors (Lipinski definition) is 1. The molecule has 0 bridgehead atoms. The van der Waals surface area contributed by atoms with Gasteiger partial charge in [0.05, 0.1) is 6.61 Å². The van der Waals surface area contributed by atoms with Gasteiger partial charge in [0.1, 0.15) is 17.9 Å². The van der Waals surface area contributed by atoms with Crippen LogP contribution in [-0.2, 0) is 12.8 Å². The quantitative estimate of drug-likeness (QED) is 0.933. The van der Waals surface area contributed by atoms with E-state index in [1.54, 1.807) is 6.33 Å². The number of hydrogen-bond acceptors (Lipinski definition) is 4. The van der Waals surface area contributed by atoms with Crippen molar-refractivity contribution >= 4 is 0 Å². The van der Waals surface area contributed by atoms with Gasteiger partial charge in [-0.25, -0.2) is 9.67 Å². The number of rotatable bonds is 4. The second-order valence-corrected chi connectivity index (χ2v) is 6.17. The minimum atomic E-state index is -0.103. The smallest absolute Gasteiger partial charge is 0.138 e. The highest BCUT2D eigenvalue weighted by Crippen LogP contribution is 2.36. The Balaban J connectivity index is 1.87. The topological polar surface area (TPSA) is 66.0 Å². The normalized spacial score (nSPS) is 21.1. The van der Waals surface area contributed by atoms with Crippen LogP contribution in [0.3, 0.4) is 0 Å². The number of benzene rings is 1. The van der Waals surface area contributed by atoms with Gasteiger partial charge in [-0.2, -0.15) is 5.10 Å².